The molecule has 1 heterocycles. The molecule has 0 aromatic heterocycles. The molecule has 1 saturated heterocycles. The van der Waals surface area contributed by atoms with Gasteiger partial charge in [0, 0.05) is 6.54 Å². The lowest BCUT2D eigenvalue weighted by Gasteiger charge is -2.41. The predicted molar refractivity (Wildman–Crippen MR) is 46.8 cm³/mol. The number of rotatable bonds is 1. The lowest BCUT2D eigenvalue weighted by molar-refractivity contribution is -0.140. The van der Waals surface area contributed by atoms with Crippen molar-refractivity contribution in [1.29, 1.82) is 0 Å². The number of hydrogen-bond acceptors (Lipinski definition) is 2. The first-order valence-corrected chi connectivity index (χ1v) is 4.10. The highest BCUT2D eigenvalue weighted by Gasteiger charge is 2.32. The Bertz CT molecular complexity index is 199. The molecule has 0 spiro atoms. The van der Waals surface area contributed by atoms with Gasteiger partial charge in [-0.1, -0.05) is 6.58 Å². The minimum Gasteiger partial charge on any atom is -0.377 e. The van der Waals surface area contributed by atoms with Crippen LogP contribution < -0.4 is 0 Å². The summed E-state index contributed by atoms with van der Waals surface area (Å²) >= 11 is 0. The molecule has 1 amide bonds. The van der Waals surface area contributed by atoms with Crippen molar-refractivity contribution in [3.8, 4) is 0 Å². The van der Waals surface area contributed by atoms with Gasteiger partial charge in [0.15, 0.2) is 0 Å². The van der Waals surface area contributed by atoms with Gasteiger partial charge >= 0.3 is 0 Å². The summed E-state index contributed by atoms with van der Waals surface area (Å²) in [6, 6.07) is 0. The Balaban J connectivity index is 2.72. The van der Waals surface area contributed by atoms with E-state index in [1.54, 1.807) is 4.90 Å². The standard InChI is InChI=1S/C9H15NO2/c1-4-8(11)10-5-6-12-7-9(10,2)3/h4H,1,5-7H2,2-3H3. The van der Waals surface area contributed by atoms with Crippen LogP contribution in [0.1, 0.15) is 13.8 Å². The fourth-order valence-corrected chi connectivity index (χ4v) is 1.38. The molecule has 1 aliphatic rings. The third-order valence-electron chi connectivity index (χ3n) is 2.09. The Morgan fingerprint density at radius 2 is 2.33 bits per heavy atom. The molecule has 0 N–H and O–H groups in total. The summed E-state index contributed by atoms with van der Waals surface area (Å²) in [5.74, 6) is -0.0108. The Morgan fingerprint density at radius 1 is 1.67 bits per heavy atom. The number of morpholine rings is 1. The first kappa shape index (κ1) is 9.26. The molecule has 0 saturated carbocycles. The van der Waals surface area contributed by atoms with Gasteiger partial charge in [0.2, 0.25) is 5.91 Å². The van der Waals surface area contributed by atoms with E-state index in [9.17, 15) is 4.79 Å². The van der Waals surface area contributed by atoms with Crippen LogP contribution in [0.4, 0.5) is 0 Å². The van der Waals surface area contributed by atoms with Gasteiger partial charge in [-0.3, -0.25) is 4.79 Å². The van der Waals surface area contributed by atoms with Gasteiger partial charge in [-0.15, -0.1) is 0 Å². The minimum atomic E-state index is -0.191. The van der Waals surface area contributed by atoms with Crippen LogP contribution in [-0.4, -0.2) is 36.1 Å². The van der Waals surface area contributed by atoms with Gasteiger partial charge in [0.1, 0.15) is 0 Å². The fraction of sp³-hybridized carbons (Fsp3) is 0.667. The molecule has 0 unspecified atom stereocenters. The third kappa shape index (κ3) is 1.67. The number of hydrogen-bond donors (Lipinski definition) is 0. The average molecular weight is 169 g/mol. The SMILES string of the molecule is C=CC(=O)N1CCOCC1(C)C. The molecule has 0 aromatic rings. The quantitative estimate of drug-likeness (QED) is 0.544. The molecule has 0 bridgehead atoms. The Morgan fingerprint density at radius 3 is 2.83 bits per heavy atom. The predicted octanol–water partition coefficient (Wildman–Crippen LogP) is 0.810. The summed E-state index contributed by atoms with van der Waals surface area (Å²) in [6.07, 6.45) is 1.35. The van der Waals surface area contributed by atoms with Gasteiger partial charge in [0.05, 0.1) is 18.8 Å². The lowest BCUT2D eigenvalue weighted by Crippen LogP contribution is -2.55. The molecule has 1 fully saturated rings. The highest BCUT2D eigenvalue weighted by Crippen LogP contribution is 2.18. The van der Waals surface area contributed by atoms with E-state index in [1.165, 1.54) is 6.08 Å². The average Bonchev–Trinajstić information content (AvgIpc) is 2.02. The molecule has 3 nitrogen and oxygen atoms in total. The van der Waals surface area contributed by atoms with E-state index in [0.717, 1.165) is 0 Å². The Hall–Kier alpha value is -0.830. The van der Waals surface area contributed by atoms with Gasteiger partial charge in [0.25, 0.3) is 0 Å². The molecular weight excluding hydrogens is 154 g/mol. The second-order valence-electron chi connectivity index (χ2n) is 3.56. The maximum absolute atomic E-state index is 11.3. The van der Waals surface area contributed by atoms with Crippen molar-refractivity contribution < 1.29 is 9.53 Å². The monoisotopic (exact) mass is 169 g/mol. The van der Waals surface area contributed by atoms with Crippen molar-refractivity contribution in [1.82, 2.24) is 4.90 Å². The highest BCUT2D eigenvalue weighted by atomic mass is 16.5. The van der Waals surface area contributed by atoms with E-state index in [4.69, 9.17) is 4.74 Å². The lowest BCUT2D eigenvalue weighted by atomic mass is 10.0. The summed E-state index contributed by atoms with van der Waals surface area (Å²) in [6.45, 7) is 9.35. The maximum atomic E-state index is 11.3. The number of amides is 1. The fourth-order valence-electron chi connectivity index (χ4n) is 1.38. The summed E-state index contributed by atoms with van der Waals surface area (Å²) < 4.78 is 5.28. The Kier molecular flexibility index (Phi) is 2.52. The van der Waals surface area contributed by atoms with Crippen LogP contribution in [-0.2, 0) is 9.53 Å². The topological polar surface area (TPSA) is 29.5 Å². The second kappa shape index (κ2) is 3.27. The van der Waals surface area contributed by atoms with Gasteiger partial charge in [-0.05, 0) is 19.9 Å². The second-order valence-corrected chi connectivity index (χ2v) is 3.56. The molecule has 68 valence electrons. The van der Waals surface area contributed by atoms with Crippen molar-refractivity contribution in [2.75, 3.05) is 19.8 Å². The summed E-state index contributed by atoms with van der Waals surface area (Å²) in [7, 11) is 0. The molecular formula is C9H15NO2. The van der Waals surface area contributed by atoms with Gasteiger partial charge in [-0.25, -0.2) is 0 Å². The molecule has 1 rings (SSSR count). The first-order chi connectivity index (χ1) is 5.58. The van der Waals surface area contributed by atoms with Crippen molar-refractivity contribution in [2.24, 2.45) is 0 Å². The molecule has 0 radical (unpaired) electrons. The van der Waals surface area contributed by atoms with Crippen LogP contribution in [0.3, 0.4) is 0 Å². The van der Waals surface area contributed by atoms with Crippen molar-refractivity contribution >= 4 is 5.91 Å². The number of nitrogens with zero attached hydrogens (tertiary/aromatic N) is 1. The van der Waals surface area contributed by atoms with Gasteiger partial charge in [-0.2, -0.15) is 0 Å². The van der Waals surface area contributed by atoms with Crippen molar-refractivity contribution in [3.63, 3.8) is 0 Å². The minimum absolute atomic E-state index is 0.0108. The van der Waals surface area contributed by atoms with Gasteiger partial charge < -0.3 is 9.64 Å². The Labute approximate surface area is 73.0 Å². The maximum Gasteiger partial charge on any atom is 0.246 e. The van der Waals surface area contributed by atoms with Crippen LogP contribution in [0.2, 0.25) is 0 Å². The summed E-state index contributed by atoms with van der Waals surface area (Å²) in [5, 5.41) is 0. The zero-order valence-electron chi connectivity index (χ0n) is 7.67. The van der Waals surface area contributed by atoms with Crippen LogP contribution >= 0.6 is 0 Å². The van der Waals surface area contributed by atoms with Crippen molar-refractivity contribution in [3.05, 3.63) is 12.7 Å². The van der Waals surface area contributed by atoms with E-state index in [-0.39, 0.29) is 11.4 Å². The van der Waals surface area contributed by atoms with Crippen LogP contribution in [0.25, 0.3) is 0 Å². The summed E-state index contributed by atoms with van der Waals surface area (Å²) in [4.78, 5) is 13.1. The number of carbonyl (C=O) groups excluding carboxylic acids is 1. The first-order valence-electron chi connectivity index (χ1n) is 4.10. The number of ether oxygens (including phenoxy) is 1. The van der Waals surface area contributed by atoms with E-state index in [0.29, 0.717) is 19.8 Å². The highest BCUT2D eigenvalue weighted by molar-refractivity contribution is 5.87. The molecule has 0 aromatic carbocycles. The zero-order chi connectivity index (χ0) is 9.19. The van der Waals surface area contributed by atoms with E-state index >= 15 is 0 Å². The molecule has 3 heteroatoms. The molecule has 0 atom stereocenters. The normalized spacial score (nSPS) is 22.0. The van der Waals surface area contributed by atoms with Crippen molar-refractivity contribution in [2.45, 2.75) is 19.4 Å². The number of carbonyl (C=O) groups is 1. The largest absolute Gasteiger partial charge is 0.377 e. The van der Waals surface area contributed by atoms with Crippen LogP contribution in [0.15, 0.2) is 12.7 Å². The summed E-state index contributed by atoms with van der Waals surface area (Å²) in [5.41, 5.74) is -0.191. The van der Waals surface area contributed by atoms with E-state index < -0.39 is 0 Å². The molecule has 0 aliphatic carbocycles. The zero-order valence-corrected chi connectivity index (χ0v) is 7.67. The van der Waals surface area contributed by atoms with E-state index in [1.807, 2.05) is 13.8 Å². The van der Waals surface area contributed by atoms with E-state index in [2.05, 4.69) is 6.58 Å². The third-order valence-corrected chi connectivity index (χ3v) is 2.09. The molecule has 12 heavy (non-hydrogen) atoms. The van der Waals surface area contributed by atoms with Crippen LogP contribution in [0.5, 0.6) is 0 Å². The van der Waals surface area contributed by atoms with Crippen LogP contribution in [0, 0.1) is 0 Å². The molecule has 1 aliphatic heterocycles. The smallest absolute Gasteiger partial charge is 0.246 e.